The van der Waals surface area contributed by atoms with E-state index in [0.29, 0.717) is 0 Å². The third-order valence-electron chi connectivity index (χ3n) is 1.39. The molecule has 0 heterocycles. The molecule has 6 heteroatoms. The second-order valence-corrected chi connectivity index (χ2v) is 7.18. The minimum Gasteiger partial charge on any atom is -0.450 e. The standard InChI is InChI=1S/C13H23O5P/c1-10(2)17-19(15,18-11(3)4)9-8-12(14)16-13(5,6)7/h10-11H,1-7H3. The van der Waals surface area contributed by atoms with E-state index in [4.69, 9.17) is 13.8 Å². The maximum Gasteiger partial charge on any atom is 0.406 e. The topological polar surface area (TPSA) is 61.8 Å². The van der Waals surface area contributed by atoms with Crippen molar-refractivity contribution in [3.63, 3.8) is 0 Å². The lowest BCUT2D eigenvalue weighted by atomic mass is 10.2. The summed E-state index contributed by atoms with van der Waals surface area (Å²) < 4.78 is 27.6. The summed E-state index contributed by atoms with van der Waals surface area (Å²) in [4.78, 5) is 11.4. The fourth-order valence-corrected chi connectivity index (χ4v) is 2.54. The molecule has 0 aromatic rings. The molecule has 0 rings (SSSR count). The van der Waals surface area contributed by atoms with E-state index in [1.54, 1.807) is 48.5 Å². The van der Waals surface area contributed by atoms with Crippen LogP contribution in [0.15, 0.2) is 0 Å². The van der Waals surface area contributed by atoms with Gasteiger partial charge in [-0.15, -0.1) is 0 Å². The molecule has 0 aliphatic rings. The Bertz CT molecular complexity index is 395. The Balaban J connectivity index is 4.94. The molecule has 0 saturated carbocycles. The van der Waals surface area contributed by atoms with Gasteiger partial charge in [-0.1, -0.05) is 0 Å². The molecule has 0 bridgehead atoms. The van der Waals surface area contributed by atoms with Gasteiger partial charge in [0.05, 0.1) is 12.2 Å². The van der Waals surface area contributed by atoms with E-state index < -0.39 is 19.2 Å². The number of carbonyl (C=O) groups excluding carboxylic acids is 1. The van der Waals surface area contributed by atoms with Crippen molar-refractivity contribution in [2.75, 3.05) is 0 Å². The number of hydrogen-bond acceptors (Lipinski definition) is 5. The van der Waals surface area contributed by atoms with Crippen molar-refractivity contribution in [3.8, 4) is 11.6 Å². The van der Waals surface area contributed by atoms with Crippen LogP contribution >= 0.6 is 7.60 Å². The summed E-state index contributed by atoms with van der Waals surface area (Å²) in [5.74, 6) is 1.41. The Morgan fingerprint density at radius 2 is 1.47 bits per heavy atom. The fraction of sp³-hybridized carbons (Fsp3) is 0.769. The lowest BCUT2D eigenvalue weighted by Gasteiger charge is -2.18. The van der Waals surface area contributed by atoms with Gasteiger partial charge in [-0.05, 0) is 48.5 Å². The number of rotatable bonds is 4. The summed E-state index contributed by atoms with van der Waals surface area (Å²) in [6.45, 7) is 12.0. The van der Waals surface area contributed by atoms with Gasteiger partial charge in [-0.3, -0.25) is 9.05 Å². The zero-order valence-electron chi connectivity index (χ0n) is 12.6. The Morgan fingerprint density at radius 1 is 1.05 bits per heavy atom. The largest absolute Gasteiger partial charge is 0.450 e. The average molecular weight is 290 g/mol. The van der Waals surface area contributed by atoms with E-state index >= 15 is 0 Å². The summed E-state index contributed by atoms with van der Waals surface area (Å²) in [5.41, 5.74) is 1.62. The summed E-state index contributed by atoms with van der Waals surface area (Å²) in [6.07, 6.45) is -0.643. The van der Waals surface area contributed by atoms with E-state index in [-0.39, 0.29) is 12.2 Å². The van der Waals surface area contributed by atoms with E-state index in [2.05, 4.69) is 11.6 Å². The number of carbonyl (C=O) groups is 1. The van der Waals surface area contributed by atoms with Gasteiger partial charge in [0.1, 0.15) is 5.60 Å². The van der Waals surface area contributed by atoms with Crippen LogP contribution in [0.2, 0.25) is 0 Å². The Morgan fingerprint density at radius 3 is 1.79 bits per heavy atom. The van der Waals surface area contributed by atoms with E-state index in [9.17, 15) is 9.36 Å². The number of esters is 1. The van der Waals surface area contributed by atoms with Gasteiger partial charge in [0.15, 0.2) is 0 Å². The summed E-state index contributed by atoms with van der Waals surface area (Å²) >= 11 is 0. The van der Waals surface area contributed by atoms with E-state index in [1.165, 1.54) is 0 Å². The normalized spacial score (nSPS) is 12.3. The molecule has 5 nitrogen and oxygen atoms in total. The second kappa shape index (κ2) is 7.09. The Kier molecular flexibility index (Phi) is 6.79. The maximum atomic E-state index is 12.3. The van der Waals surface area contributed by atoms with E-state index in [0.717, 1.165) is 0 Å². The zero-order valence-corrected chi connectivity index (χ0v) is 13.5. The molecule has 0 aliphatic heterocycles. The first-order chi connectivity index (χ1) is 8.43. The van der Waals surface area contributed by atoms with Crippen molar-refractivity contribution < 1.29 is 23.1 Å². The first-order valence-corrected chi connectivity index (χ1v) is 7.71. The van der Waals surface area contributed by atoms with Crippen LogP contribution < -0.4 is 0 Å². The van der Waals surface area contributed by atoms with Gasteiger partial charge in [-0.2, -0.15) is 0 Å². The molecule has 0 aromatic heterocycles. The van der Waals surface area contributed by atoms with Gasteiger partial charge in [0, 0.05) is 11.6 Å². The van der Waals surface area contributed by atoms with Crippen molar-refractivity contribution in [2.45, 2.75) is 66.3 Å². The molecule has 0 aromatic carbocycles. The second-order valence-electron chi connectivity index (χ2n) is 5.54. The summed E-state index contributed by atoms with van der Waals surface area (Å²) in [5, 5.41) is 0. The lowest BCUT2D eigenvalue weighted by molar-refractivity contribution is -0.147. The minimum absolute atomic E-state index is 0.322. The molecule has 0 spiro atoms. The van der Waals surface area contributed by atoms with Crippen molar-refractivity contribution in [1.29, 1.82) is 0 Å². The maximum absolute atomic E-state index is 12.3. The third-order valence-corrected chi connectivity index (χ3v) is 3.18. The van der Waals surface area contributed by atoms with Crippen LogP contribution in [0, 0.1) is 11.6 Å². The highest BCUT2D eigenvalue weighted by atomic mass is 31.2. The predicted octanol–water partition coefficient (Wildman–Crippen LogP) is 3.33. The van der Waals surface area contributed by atoms with Crippen LogP contribution in [0.5, 0.6) is 0 Å². The monoisotopic (exact) mass is 290 g/mol. The van der Waals surface area contributed by atoms with Crippen LogP contribution in [-0.2, 0) is 23.1 Å². The summed E-state index contributed by atoms with van der Waals surface area (Å²) in [6, 6.07) is 0. The molecule has 0 saturated heterocycles. The van der Waals surface area contributed by atoms with Crippen LogP contribution in [0.3, 0.4) is 0 Å². The molecular formula is C13H23O5P. The smallest absolute Gasteiger partial charge is 0.406 e. The average Bonchev–Trinajstić information content (AvgIpc) is 2.09. The summed E-state index contributed by atoms with van der Waals surface area (Å²) in [7, 11) is -3.61. The van der Waals surface area contributed by atoms with Crippen molar-refractivity contribution >= 4 is 13.6 Å². The molecule has 110 valence electrons. The van der Waals surface area contributed by atoms with Crippen molar-refractivity contribution in [2.24, 2.45) is 0 Å². The highest BCUT2D eigenvalue weighted by Gasteiger charge is 2.26. The quantitative estimate of drug-likeness (QED) is 0.451. The molecular weight excluding hydrogens is 267 g/mol. The molecule has 0 fully saturated rings. The molecule has 0 unspecified atom stereocenters. The third kappa shape index (κ3) is 9.72. The predicted molar refractivity (Wildman–Crippen MR) is 73.7 cm³/mol. The highest BCUT2D eigenvalue weighted by Crippen LogP contribution is 2.49. The highest BCUT2D eigenvalue weighted by molar-refractivity contribution is 7.59. The van der Waals surface area contributed by atoms with Crippen LogP contribution in [0.1, 0.15) is 48.5 Å². The van der Waals surface area contributed by atoms with E-state index in [1.807, 2.05) is 0 Å². The fourth-order valence-electron chi connectivity index (χ4n) is 1.05. The molecule has 0 amide bonds. The van der Waals surface area contributed by atoms with Gasteiger partial charge < -0.3 is 4.74 Å². The molecule has 0 atom stereocenters. The molecule has 0 aliphatic carbocycles. The van der Waals surface area contributed by atoms with Crippen LogP contribution in [0.25, 0.3) is 0 Å². The van der Waals surface area contributed by atoms with Crippen molar-refractivity contribution in [1.82, 2.24) is 0 Å². The zero-order chi connectivity index (χ0) is 15.3. The van der Waals surface area contributed by atoms with Gasteiger partial charge in [0.2, 0.25) is 0 Å². The SMILES string of the molecule is CC(C)OP(=O)(C#CC(=O)OC(C)(C)C)OC(C)C. The number of ether oxygens (including phenoxy) is 1. The van der Waals surface area contributed by atoms with Crippen molar-refractivity contribution in [3.05, 3.63) is 0 Å². The minimum atomic E-state index is -3.61. The molecule has 19 heavy (non-hydrogen) atoms. The van der Waals surface area contributed by atoms with Gasteiger partial charge in [-0.25, -0.2) is 9.36 Å². The Hall–Kier alpha value is -0.820. The Labute approximate surface area is 115 Å². The first kappa shape index (κ1) is 18.2. The van der Waals surface area contributed by atoms with Crippen LogP contribution in [-0.4, -0.2) is 23.8 Å². The first-order valence-electron chi connectivity index (χ1n) is 6.16. The van der Waals surface area contributed by atoms with Gasteiger partial charge >= 0.3 is 13.6 Å². The lowest BCUT2D eigenvalue weighted by Crippen LogP contribution is -2.22. The number of hydrogen-bond donors (Lipinski definition) is 0. The van der Waals surface area contributed by atoms with Crippen LogP contribution in [0.4, 0.5) is 0 Å². The van der Waals surface area contributed by atoms with Gasteiger partial charge in [0.25, 0.3) is 0 Å². The molecule has 0 radical (unpaired) electrons. The molecule has 0 N–H and O–H groups in total.